The van der Waals surface area contributed by atoms with Gasteiger partial charge in [0.15, 0.2) is 17.3 Å². The Kier molecular flexibility index (Phi) is 7.06. The normalized spacial score (nSPS) is 14.0. The Balaban J connectivity index is 1.33. The minimum atomic E-state index is -0.564. The summed E-state index contributed by atoms with van der Waals surface area (Å²) in [5.41, 5.74) is 0.813. The zero-order chi connectivity index (χ0) is 25.1. The predicted molar refractivity (Wildman–Crippen MR) is 139 cm³/mol. The monoisotopic (exact) mass is 527 g/mol. The molecule has 36 heavy (non-hydrogen) atoms. The Bertz CT molecular complexity index is 1380. The number of halogens is 2. The second kappa shape index (κ2) is 10.5. The number of piperidine rings is 1. The lowest BCUT2D eigenvalue weighted by Crippen LogP contribution is -2.43. The molecule has 11 heteroatoms. The number of carbonyl (C=O) groups excluding carboxylic acids is 1. The van der Waals surface area contributed by atoms with Crippen molar-refractivity contribution >= 4 is 56.4 Å². The zero-order valence-electron chi connectivity index (χ0n) is 19.3. The summed E-state index contributed by atoms with van der Waals surface area (Å²) in [6, 6.07) is 11.9. The van der Waals surface area contributed by atoms with Crippen LogP contribution in [-0.2, 0) is 0 Å². The van der Waals surface area contributed by atoms with Crippen molar-refractivity contribution in [1.29, 1.82) is 0 Å². The van der Waals surface area contributed by atoms with E-state index in [1.54, 1.807) is 36.3 Å². The molecule has 0 saturated carbocycles. The molecule has 3 heterocycles. The number of ether oxygens (including phenoxy) is 2. The Hall–Kier alpha value is -3.63. The fourth-order valence-electron chi connectivity index (χ4n) is 4.03. The minimum absolute atomic E-state index is 0.0134. The fourth-order valence-corrected chi connectivity index (χ4v) is 4.82. The number of hydrogen-bond acceptors (Lipinski definition) is 7. The Labute approximate surface area is 216 Å². The standard InChI is InChI=1S/C25H23ClFN5O3S/c1-34-20-13-19-16(24(29-14-28-19)30-18-5-2-4-17(26)23(18)27)12-21(20)35-15-7-9-32(10-8-15)25(33)31-22-6-3-11-36-22/h2-6,11-15H,7-10H2,1H3,(H,31,33)(H,28,29,30). The van der Waals surface area contributed by atoms with Crippen LogP contribution in [0.3, 0.4) is 0 Å². The quantitative estimate of drug-likeness (QED) is 0.305. The number of fused-ring (bicyclic) bond motifs is 1. The predicted octanol–water partition coefficient (Wildman–Crippen LogP) is 6.31. The summed E-state index contributed by atoms with van der Waals surface area (Å²) in [6.45, 7) is 1.14. The van der Waals surface area contributed by atoms with Crippen LogP contribution in [0, 0.1) is 5.82 Å². The molecule has 1 aliphatic rings. The van der Waals surface area contributed by atoms with Crippen LogP contribution in [-0.4, -0.2) is 47.2 Å². The minimum Gasteiger partial charge on any atom is -0.493 e. The van der Waals surface area contributed by atoms with Crippen molar-refractivity contribution < 1.29 is 18.7 Å². The molecule has 2 amide bonds. The van der Waals surface area contributed by atoms with Crippen molar-refractivity contribution in [2.45, 2.75) is 18.9 Å². The Morgan fingerprint density at radius 2 is 2.00 bits per heavy atom. The maximum atomic E-state index is 14.5. The summed E-state index contributed by atoms with van der Waals surface area (Å²) in [7, 11) is 1.56. The number of amides is 2. The number of urea groups is 1. The third-order valence-corrected chi connectivity index (χ3v) is 6.98. The van der Waals surface area contributed by atoms with Crippen LogP contribution in [0.2, 0.25) is 5.02 Å². The van der Waals surface area contributed by atoms with Gasteiger partial charge >= 0.3 is 6.03 Å². The number of nitrogens with zero attached hydrogens (tertiary/aromatic N) is 3. The first-order valence-corrected chi connectivity index (χ1v) is 12.6. The number of nitrogens with one attached hydrogen (secondary N) is 2. The molecule has 1 fully saturated rings. The van der Waals surface area contributed by atoms with E-state index >= 15 is 0 Å². The van der Waals surface area contributed by atoms with Crippen LogP contribution in [0.25, 0.3) is 10.9 Å². The first-order valence-electron chi connectivity index (χ1n) is 11.3. The van der Waals surface area contributed by atoms with Gasteiger partial charge in [0.25, 0.3) is 0 Å². The third-order valence-electron chi connectivity index (χ3n) is 5.90. The van der Waals surface area contributed by atoms with Crippen LogP contribution in [0.4, 0.5) is 25.7 Å². The summed E-state index contributed by atoms with van der Waals surface area (Å²) in [4.78, 5) is 22.9. The van der Waals surface area contributed by atoms with Crippen molar-refractivity contribution in [3.63, 3.8) is 0 Å². The summed E-state index contributed by atoms with van der Waals surface area (Å²) >= 11 is 7.41. The number of rotatable bonds is 6. The van der Waals surface area contributed by atoms with E-state index in [0.717, 1.165) is 5.00 Å². The average molecular weight is 528 g/mol. The molecule has 1 saturated heterocycles. The number of anilines is 3. The van der Waals surface area contributed by atoms with Crippen LogP contribution in [0.5, 0.6) is 11.5 Å². The number of aromatic nitrogens is 2. The molecule has 0 atom stereocenters. The fraction of sp³-hybridized carbons (Fsp3) is 0.240. The molecular formula is C25H23ClFN5O3S. The van der Waals surface area contributed by atoms with Gasteiger partial charge in [0.2, 0.25) is 0 Å². The van der Waals surface area contributed by atoms with E-state index < -0.39 is 5.82 Å². The van der Waals surface area contributed by atoms with Gasteiger partial charge in [0.1, 0.15) is 18.2 Å². The molecule has 2 aromatic carbocycles. The van der Waals surface area contributed by atoms with Crippen LogP contribution in [0.15, 0.2) is 54.2 Å². The maximum Gasteiger partial charge on any atom is 0.322 e. The summed E-state index contributed by atoms with van der Waals surface area (Å²) < 4.78 is 26.3. The van der Waals surface area contributed by atoms with E-state index in [9.17, 15) is 9.18 Å². The number of methoxy groups -OCH3 is 1. The van der Waals surface area contributed by atoms with Crippen molar-refractivity contribution in [1.82, 2.24) is 14.9 Å². The van der Waals surface area contributed by atoms with Gasteiger partial charge in [-0.1, -0.05) is 17.7 Å². The van der Waals surface area contributed by atoms with Gasteiger partial charge in [-0.2, -0.15) is 0 Å². The molecule has 8 nitrogen and oxygen atoms in total. The van der Waals surface area contributed by atoms with Gasteiger partial charge in [0.05, 0.1) is 28.3 Å². The number of hydrogen-bond donors (Lipinski definition) is 2. The molecular weight excluding hydrogens is 505 g/mol. The first kappa shape index (κ1) is 24.1. The average Bonchev–Trinajstić information content (AvgIpc) is 3.40. The molecule has 2 aromatic heterocycles. The number of carbonyl (C=O) groups is 1. The highest BCUT2D eigenvalue weighted by molar-refractivity contribution is 7.14. The lowest BCUT2D eigenvalue weighted by molar-refractivity contribution is 0.113. The first-order chi connectivity index (χ1) is 17.5. The lowest BCUT2D eigenvalue weighted by atomic mass is 10.1. The van der Waals surface area contributed by atoms with Gasteiger partial charge in [0, 0.05) is 37.4 Å². The van der Waals surface area contributed by atoms with E-state index in [2.05, 4.69) is 20.6 Å². The van der Waals surface area contributed by atoms with Crippen LogP contribution < -0.4 is 20.1 Å². The van der Waals surface area contributed by atoms with Crippen molar-refractivity contribution in [2.75, 3.05) is 30.8 Å². The van der Waals surface area contributed by atoms with Crippen molar-refractivity contribution in [3.8, 4) is 11.5 Å². The summed E-state index contributed by atoms with van der Waals surface area (Å²) in [6.07, 6.45) is 2.63. The molecule has 4 aromatic rings. The van der Waals surface area contributed by atoms with E-state index in [0.29, 0.717) is 54.2 Å². The van der Waals surface area contributed by atoms with Gasteiger partial charge < -0.3 is 19.7 Å². The molecule has 186 valence electrons. The maximum absolute atomic E-state index is 14.5. The second-order valence-corrected chi connectivity index (χ2v) is 9.54. The molecule has 2 N–H and O–H groups in total. The van der Waals surface area contributed by atoms with Gasteiger partial charge in [-0.15, -0.1) is 11.3 Å². The smallest absolute Gasteiger partial charge is 0.322 e. The van der Waals surface area contributed by atoms with Gasteiger partial charge in [-0.25, -0.2) is 19.2 Å². The topological polar surface area (TPSA) is 88.6 Å². The van der Waals surface area contributed by atoms with E-state index in [1.165, 1.54) is 23.7 Å². The molecule has 5 rings (SSSR count). The largest absolute Gasteiger partial charge is 0.493 e. The molecule has 0 unspecified atom stereocenters. The van der Waals surface area contributed by atoms with E-state index in [4.69, 9.17) is 21.1 Å². The Morgan fingerprint density at radius 3 is 2.75 bits per heavy atom. The number of benzene rings is 2. The van der Waals surface area contributed by atoms with Crippen LogP contribution in [0.1, 0.15) is 12.8 Å². The van der Waals surface area contributed by atoms with Gasteiger partial charge in [-0.05, 0) is 35.7 Å². The molecule has 1 aliphatic heterocycles. The molecule has 0 bridgehead atoms. The zero-order valence-corrected chi connectivity index (χ0v) is 20.9. The molecule has 0 spiro atoms. The van der Waals surface area contributed by atoms with Crippen molar-refractivity contribution in [3.05, 3.63) is 65.0 Å². The van der Waals surface area contributed by atoms with Crippen LogP contribution >= 0.6 is 22.9 Å². The SMILES string of the molecule is COc1cc2ncnc(Nc3cccc(Cl)c3F)c2cc1OC1CCN(C(=O)Nc2cccs2)CC1. The van der Waals surface area contributed by atoms with Gasteiger partial charge in [-0.3, -0.25) is 5.32 Å². The highest BCUT2D eigenvalue weighted by atomic mass is 35.5. The third kappa shape index (κ3) is 5.14. The highest BCUT2D eigenvalue weighted by Gasteiger charge is 2.25. The molecule has 0 aliphatic carbocycles. The molecule has 0 radical (unpaired) electrons. The van der Waals surface area contributed by atoms with E-state index in [-0.39, 0.29) is 22.8 Å². The number of thiophene rings is 1. The number of likely N-dealkylation sites (tertiary alicyclic amines) is 1. The second-order valence-electron chi connectivity index (χ2n) is 8.18. The summed E-state index contributed by atoms with van der Waals surface area (Å²) in [5.74, 6) is 0.898. The highest BCUT2D eigenvalue weighted by Crippen LogP contribution is 2.37. The Morgan fingerprint density at radius 1 is 1.17 bits per heavy atom. The van der Waals surface area contributed by atoms with Crippen molar-refractivity contribution in [2.24, 2.45) is 0 Å². The summed E-state index contributed by atoms with van der Waals surface area (Å²) in [5, 5.41) is 9.32. The van der Waals surface area contributed by atoms with E-state index in [1.807, 2.05) is 17.5 Å². The lowest BCUT2D eigenvalue weighted by Gasteiger charge is -2.32.